The van der Waals surface area contributed by atoms with Crippen molar-refractivity contribution in [2.24, 2.45) is 0 Å². The maximum Gasteiger partial charge on any atom is 0.262 e. The van der Waals surface area contributed by atoms with E-state index in [1.807, 2.05) is 23.5 Å². The third-order valence-electron chi connectivity index (χ3n) is 6.41. The van der Waals surface area contributed by atoms with Crippen LogP contribution in [0.15, 0.2) is 113 Å². The maximum absolute atomic E-state index is 6.33. The van der Waals surface area contributed by atoms with Crippen molar-refractivity contribution >= 4 is 50.7 Å². The average Bonchev–Trinajstić information content (AvgIpc) is 3.45. The predicted octanol–water partition coefficient (Wildman–Crippen LogP) is 5.06. The zero-order chi connectivity index (χ0) is 24.5. The summed E-state index contributed by atoms with van der Waals surface area (Å²) in [5, 5.41) is 2.44. The average molecular weight is 635 g/mol. The first-order valence-electron chi connectivity index (χ1n) is 12.3. The third kappa shape index (κ3) is 5.02. The van der Waals surface area contributed by atoms with Crippen LogP contribution in [0.25, 0.3) is 21.9 Å². The first kappa shape index (κ1) is 25.8. The number of ether oxygens (including phenoxy) is 1. The second-order valence-electron chi connectivity index (χ2n) is 8.57. The van der Waals surface area contributed by atoms with Gasteiger partial charge >= 0.3 is 0 Å². The number of hydrogen-bond acceptors (Lipinski definition) is 4. The van der Waals surface area contributed by atoms with E-state index in [0.717, 1.165) is 35.7 Å². The molecule has 37 heavy (non-hydrogen) atoms. The van der Waals surface area contributed by atoms with Gasteiger partial charge in [0.15, 0.2) is 0 Å². The molecule has 0 aliphatic carbocycles. The number of thioether (sulfide) groups is 1. The van der Waals surface area contributed by atoms with E-state index in [1.54, 1.807) is 11.8 Å². The van der Waals surface area contributed by atoms with Crippen molar-refractivity contribution in [2.45, 2.75) is 25.3 Å². The Morgan fingerprint density at radius 3 is 2.59 bits per heavy atom. The van der Waals surface area contributed by atoms with Gasteiger partial charge in [-0.05, 0) is 49.8 Å². The zero-order valence-electron chi connectivity index (χ0n) is 20.7. The lowest BCUT2D eigenvalue weighted by Gasteiger charge is -2.21. The first-order valence-corrected chi connectivity index (χ1v) is 13.9. The summed E-state index contributed by atoms with van der Waals surface area (Å²) in [7, 11) is 0. The van der Waals surface area contributed by atoms with E-state index in [0.29, 0.717) is 0 Å². The standard InChI is InChI=1S/C31H27N2OS2.HI/c1-3-32-25-14-6-9-17-28(25)35-30(32)19-11-12-22-20-23(34-27-16-8-5-13-24(22)27)21-31-33(4-2)26-15-7-10-18-29(26)36-31;/h5-21H,3-4H2,1-2H3;1H/q+1;/p-1. The van der Waals surface area contributed by atoms with Gasteiger partial charge in [0.25, 0.3) is 5.01 Å². The molecule has 0 saturated carbocycles. The molecular weight excluding hydrogens is 607 g/mol. The van der Waals surface area contributed by atoms with Crippen molar-refractivity contribution in [1.82, 2.24) is 0 Å². The van der Waals surface area contributed by atoms with Gasteiger partial charge in [0.2, 0.25) is 5.52 Å². The number of para-hydroxylation sites is 3. The predicted molar refractivity (Wildman–Crippen MR) is 153 cm³/mol. The van der Waals surface area contributed by atoms with Crippen LogP contribution in [0, 0.1) is 0 Å². The fraction of sp³-hybridized carbons (Fsp3) is 0.129. The Morgan fingerprint density at radius 1 is 0.946 bits per heavy atom. The van der Waals surface area contributed by atoms with Crippen molar-refractivity contribution in [3.63, 3.8) is 0 Å². The Balaban J connectivity index is 0.00000280. The topological polar surface area (TPSA) is 16.4 Å². The highest BCUT2D eigenvalue weighted by molar-refractivity contribution is 8.03. The second-order valence-corrected chi connectivity index (χ2v) is 10.7. The Bertz CT molecular complexity index is 1580. The summed E-state index contributed by atoms with van der Waals surface area (Å²) in [4.78, 5) is 3.63. The minimum Gasteiger partial charge on any atom is -1.00 e. The molecule has 3 aromatic carbocycles. The molecule has 6 rings (SSSR count). The first-order chi connectivity index (χ1) is 17.7. The van der Waals surface area contributed by atoms with Gasteiger partial charge < -0.3 is 33.6 Å². The summed E-state index contributed by atoms with van der Waals surface area (Å²) >= 11 is 3.63. The van der Waals surface area contributed by atoms with Crippen molar-refractivity contribution in [3.8, 4) is 5.75 Å². The summed E-state index contributed by atoms with van der Waals surface area (Å²) < 4.78 is 10.0. The lowest BCUT2D eigenvalue weighted by molar-refractivity contribution is -0.665. The van der Waals surface area contributed by atoms with Crippen molar-refractivity contribution < 1.29 is 33.3 Å². The number of halogens is 1. The molecule has 0 atom stereocenters. The van der Waals surface area contributed by atoms with E-state index >= 15 is 0 Å². The van der Waals surface area contributed by atoms with Gasteiger partial charge in [0.05, 0.1) is 10.7 Å². The van der Waals surface area contributed by atoms with E-state index in [2.05, 4.69) is 114 Å². The molecule has 0 N–H and O–H groups in total. The number of anilines is 1. The third-order valence-corrected chi connectivity index (χ3v) is 8.65. The zero-order valence-corrected chi connectivity index (χ0v) is 24.5. The molecule has 0 saturated heterocycles. The van der Waals surface area contributed by atoms with Crippen LogP contribution in [0.3, 0.4) is 0 Å². The minimum atomic E-state index is 0. The molecule has 2 aliphatic rings. The summed E-state index contributed by atoms with van der Waals surface area (Å²) in [5.74, 6) is 1.74. The molecule has 3 nitrogen and oxygen atoms in total. The van der Waals surface area contributed by atoms with E-state index in [4.69, 9.17) is 4.74 Å². The Hall–Kier alpha value is -2.81. The number of benzene rings is 3. The van der Waals surface area contributed by atoms with Crippen LogP contribution in [-0.2, 0) is 6.54 Å². The highest BCUT2D eigenvalue weighted by Gasteiger charge is 2.25. The summed E-state index contributed by atoms with van der Waals surface area (Å²) in [6.45, 7) is 6.25. The molecular formula is C31H27IN2OS2. The van der Waals surface area contributed by atoms with Crippen LogP contribution >= 0.6 is 23.1 Å². The number of aromatic nitrogens is 1. The van der Waals surface area contributed by atoms with Gasteiger partial charge in [-0.1, -0.05) is 77.7 Å². The van der Waals surface area contributed by atoms with E-state index in [1.165, 1.54) is 30.8 Å². The SMILES string of the molecule is CCN1/C(=C/C2=C\C(=C\C=C\c3sc4ccccc4[n+]3CC)c3ccccc3O2)Sc2ccccc21.[I-]. The molecule has 0 amide bonds. The van der Waals surface area contributed by atoms with Gasteiger partial charge in [0.1, 0.15) is 22.8 Å². The summed E-state index contributed by atoms with van der Waals surface area (Å²) in [6.07, 6.45) is 10.9. The van der Waals surface area contributed by atoms with Gasteiger partial charge in [-0.25, -0.2) is 0 Å². The molecule has 4 aromatic rings. The fourth-order valence-corrected chi connectivity index (χ4v) is 7.04. The van der Waals surface area contributed by atoms with Crippen LogP contribution in [0.1, 0.15) is 24.4 Å². The molecule has 1 aromatic heterocycles. The normalized spacial score (nSPS) is 16.6. The lowest BCUT2D eigenvalue weighted by Crippen LogP contribution is -3.00. The van der Waals surface area contributed by atoms with Crippen LogP contribution in [0.4, 0.5) is 5.69 Å². The quantitative estimate of drug-likeness (QED) is 0.226. The number of rotatable bonds is 5. The van der Waals surface area contributed by atoms with Gasteiger partial charge in [0, 0.05) is 35.2 Å². The number of aryl methyl sites for hydroxylation is 1. The number of nitrogens with zero attached hydrogens (tertiary/aromatic N) is 2. The Morgan fingerprint density at radius 2 is 1.73 bits per heavy atom. The smallest absolute Gasteiger partial charge is 0.262 e. The van der Waals surface area contributed by atoms with Crippen LogP contribution < -0.4 is 38.2 Å². The van der Waals surface area contributed by atoms with Gasteiger partial charge in [-0.3, -0.25) is 0 Å². The van der Waals surface area contributed by atoms with Crippen molar-refractivity contribution in [3.05, 3.63) is 118 Å². The number of fused-ring (bicyclic) bond motifs is 3. The maximum atomic E-state index is 6.33. The van der Waals surface area contributed by atoms with E-state index < -0.39 is 0 Å². The summed E-state index contributed by atoms with van der Waals surface area (Å²) in [6, 6.07) is 25.4. The van der Waals surface area contributed by atoms with Crippen LogP contribution in [0.5, 0.6) is 5.75 Å². The molecule has 0 unspecified atom stereocenters. The van der Waals surface area contributed by atoms with Crippen molar-refractivity contribution in [1.29, 1.82) is 0 Å². The molecule has 0 fully saturated rings. The number of allylic oxidation sites excluding steroid dienone is 5. The van der Waals surface area contributed by atoms with Crippen LogP contribution in [0.2, 0.25) is 0 Å². The molecule has 0 spiro atoms. The summed E-state index contributed by atoms with van der Waals surface area (Å²) in [5.41, 5.74) is 4.81. The van der Waals surface area contributed by atoms with E-state index in [9.17, 15) is 0 Å². The monoisotopic (exact) mass is 634 g/mol. The van der Waals surface area contributed by atoms with Gasteiger partial charge in [-0.2, -0.15) is 4.57 Å². The Kier molecular flexibility index (Phi) is 7.88. The second kappa shape index (κ2) is 11.3. The lowest BCUT2D eigenvalue weighted by atomic mass is 10.0. The molecule has 0 bridgehead atoms. The molecule has 186 valence electrons. The Labute approximate surface area is 243 Å². The fourth-order valence-electron chi connectivity index (χ4n) is 4.74. The van der Waals surface area contributed by atoms with Crippen LogP contribution in [-0.4, -0.2) is 6.54 Å². The van der Waals surface area contributed by atoms with Crippen molar-refractivity contribution in [2.75, 3.05) is 11.4 Å². The van der Waals surface area contributed by atoms with Gasteiger partial charge in [-0.15, -0.1) is 0 Å². The molecule has 0 radical (unpaired) electrons. The number of hydrogen-bond donors (Lipinski definition) is 0. The molecule has 6 heteroatoms. The molecule has 3 heterocycles. The van der Waals surface area contributed by atoms with E-state index in [-0.39, 0.29) is 24.0 Å². The molecule has 2 aliphatic heterocycles. The minimum absolute atomic E-state index is 0. The highest BCUT2D eigenvalue weighted by atomic mass is 127. The number of thiazole rings is 1. The largest absolute Gasteiger partial charge is 1.00 e. The highest BCUT2D eigenvalue weighted by Crippen LogP contribution is 2.46.